The molecule has 3 N–H and O–H groups in total. The van der Waals surface area contributed by atoms with Crippen LogP contribution in [0.2, 0.25) is 0 Å². The van der Waals surface area contributed by atoms with E-state index < -0.39 is 0 Å². The molecule has 0 unspecified atom stereocenters. The van der Waals surface area contributed by atoms with Crippen LogP contribution in [0, 0.1) is 6.92 Å². The molecule has 0 aliphatic carbocycles. The summed E-state index contributed by atoms with van der Waals surface area (Å²) in [6.45, 7) is 5.53. The Morgan fingerprint density at radius 1 is 1.58 bits per heavy atom. The Hall–Kier alpha value is -1.28. The van der Waals surface area contributed by atoms with Crippen LogP contribution in [-0.2, 0) is 0 Å². The van der Waals surface area contributed by atoms with Crippen LogP contribution in [0.1, 0.15) is 17.2 Å². The SMILES string of the molecule is C=C[C@@H](N)c1ccc(O)cc1C. The van der Waals surface area contributed by atoms with Crippen molar-refractivity contribution < 1.29 is 5.11 Å². The second-order valence-corrected chi connectivity index (χ2v) is 2.80. The van der Waals surface area contributed by atoms with E-state index in [0.29, 0.717) is 0 Å². The quantitative estimate of drug-likeness (QED) is 0.654. The highest BCUT2D eigenvalue weighted by atomic mass is 16.3. The van der Waals surface area contributed by atoms with Gasteiger partial charge < -0.3 is 10.8 Å². The van der Waals surface area contributed by atoms with Crippen molar-refractivity contribution in [2.45, 2.75) is 13.0 Å². The third-order valence-corrected chi connectivity index (χ3v) is 1.87. The Morgan fingerprint density at radius 2 is 2.25 bits per heavy atom. The summed E-state index contributed by atoms with van der Waals surface area (Å²) in [7, 11) is 0. The van der Waals surface area contributed by atoms with Crippen molar-refractivity contribution in [3.05, 3.63) is 42.0 Å². The van der Waals surface area contributed by atoms with Gasteiger partial charge in [-0.3, -0.25) is 0 Å². The van der Waals surface area contributed by atoms with Crippen molar-refractivity contribution >= 4 is 0 Å². The predicted octanol–water partition coefficient (Wildman–Crippen LogP) is 1.89. The molecule has 0 saturated carbocycles. The molecule has 2 heteroatoms. The second-order valence-electron chi connectivity index (χ2n) is 2.80. The van der Waals surface area contributed by atoms with Gasteiger partial charge in [-0.05, 0) is 30.2 Å². The fraction of sp³-hybridized carbons (Fsp3) is 0.200. The zero-order valence-electron chi connectivity index (χ0n) is 7.12. The molecule has 0 spiro atoms. The van der Waals surface area contributed by atoms with Gasteiger partial charge in [-0.2, -0.15) is 0 Å². The monoisotopic (exact) mass is 163 g/mol. The Bertz CT molecular complexity index is 294. The molecule has 0 aliphatic rings. The molecule has 0 radical (unpaired) electrons. The number of phenols is 1. The van der Waals surface area contributed by atoms with Crippen LogP contribution in [0.15, 0.2) is 30.9 Å². The highest BCUT2D eigenvalue weighted by molar-refractivity contribution is 5.36. The molecule has 0 aromatic heterocycles. The first kappa shape index (κ1) is 8.81. The van der Waals surface area contributed by atoms with Gasteiger partial charge in [-0.25, -0.2) is 0 Å². The molecular weight excluding hydrogens is 150 g/mol. The molecule has 1 aromatic carbocycles. The van der Waals surface area contributed by atoms with Gasteiger partial charge in [0.05, 0.1) is 0 Å². The third kappa shape index (κ3) is 1.66. The topological polar surface area (TPSA) is 46.2 Å². The van der Waals surface area contributed by atoms with Gasteiger partial charge in [0, 0.05) is 6.04 Å². The van der Waals surface area contributed by atoms with E-state index in [4.69, 9.17) is 10.8 Å². The lowest BCUT2D eigenvalue weighted by atomic mass is 10.0. The van der Waals surface area contributed by atoms with E-state index in [1.807, 2.05) is 13.0 Å². The molecule has 0 aliphatic heterocycles. The van der Waals surface area contributed by atoms with Crippen molar-refractivity contribution in [1.82, 2.24) is 0 Å². The molecule has 2 nitrogen and oxygen atoms in total. The molecule has 1 aromatic rings. The minimum Gasteiger partial charge on any atom is -0.508 e. The smallest absolute Gasteiger partial charge is 0.115 e. The molecule has 0 bridgehead atoms. The Morgan fingerprint density at radius 3 is 2.75 bits per heavy atom. The van der Waals surface area contributed by atoms with Crippen LogP contribution in [-0.4, -0.2) is 5.11 Å². The number of aromatic hydroxyl groups is 1. The van der Waals surface area contributed by atoms with Crippen LogP contribution in [0.5, 0.6) is 5.75 Å². The van der Waals surface area contributed by atoms with E-state index in [1.54, 1.807) is 18.2 Å². The summed E-state index contributed by atoms with van der Waals surface area (Å²) >= 11 is 0. The van der Waals surface area contributed by atoms with Crippen molar-refractivity contribution in [2.24, 2.45) is 5.73 Å². The lowest BCUT2D eigenvalue weighted by Crippen LogP contribution is -2.07. The van der Waals surface area contributed by atoms with Gasteiger partial charge >= 0.3 is 0 Å². The van der Waals surface area contributed by atoms with E-state index in [0.717, 1.165) is 11.1 Å². The zero-order valence-corrected chi connectivity index (χ0v) is 7.12. The zero-order chi connectivity index (χ0) is 9.14. The number of hydrogen-bond donors (Lipinski definition) is 2. The molecule has 12 heavy (non-hydrogen) atoms. The molecule has 0 saturated heterocycles. The van der Waals surface area contributed by atoms with Crippen LogP contribution in [0.25, 0.3) is 0 Å². The van der Waals surface area contributed by atoms with E-state index in [-0.39, 0.29) is 11.8 Å². The lowest BCUT2D eigenvalue weighted by molar-refractivity contribution is 0.474. The maximum Gasteiger partial charge on any atom is 0.115 e. The van der Waals surface area contributed by atoms with Crippen LogP contribution < -0.4 is 5.73 Å². The summed E-state index contributed by atoms with van der Waals surface area (Å²) in [5, 5.41) is 9.13. The molecule has 0 heterocycles. The lowest BCUT2D eigenvalue weighted by Gasteiger charge is -2.09. The Labute approximate surface area is 72.3 Å². The average Bonchev–Trinajstić information content (AvgIpc) is 2.03. The predicted molar refractivity (Wildman–Crippen MR) is 50.0 cm³/mol. The van der Waals surface area contributed by atoms with E-state index in [2.05, 4.69) is 6.58 Å². The minimum absolute atomic E-state index is 0.148. The Kier molecular flexibility index (Phi) is 2.51. The van der Waals surface area contributed by atoms with Crippen LogP contribution >= 0.6 is 0 Å². The van der Waals surface area contributed by atoms with Crippen molar-refractivity contribution in [2.75, 3.05) is 0 Å². The summed E-state index contributed by atoms with van der Waals surface area (Å²) in [6.07, 6.45) is 1.68. The first-order chi connectivity index (χ1) is 5.65. The standard InChI is InChI=1S/C10H13NO/c1-3-10(11)9-5-4-8(12)6-7(9)2/h3-6,10,12H,1,11H2,2H3/t10-/m1/s1. The average molecular weight is 163 g/mol. The summed E-state index contributed by atoms with van der Waals surface area (Å²) in [5.41, 5.74) is 7.74. The first-order valence-electron chi connectivity index (χ1n) is 3.83. The normalized spacial score (nSPS) is 12.5. The number of hydrogen-bond acceptors (Lipinski definition) is 2. The highest BCUT2D eigenvalue weighted by Crippen LogP contribution is 2.20. The number of phenolic OH excluding ortho intramolecular Hbond substituents is 1. The maximum atomic E-state index is 9.13. The largest absolute Gasteiger partial charge is 0.508 e. The summed E-state index contributed by atoms with van der Waals surface area (Å²) in [5.74, 6) is 0.271. The molecule has 0 fully saturated rings. The van der Waals surface area contributed by atoms with Gasteiger partial charge in [0.1, 0.15) is 5.75 Å². The molecule has 0 amide bonds. The second kappa shape index (κ2) is 3.41. The fourth-order valence-corrected chi connectivity index (χ4v) is 1.16. The molecular formula is C10H13NO. The van der Waals surface area contributed by atoms with Gasteiger partial charge in [-0.1, -0.05) is 12.1 Å². The summed E-state index contributed by atoms with van der Waals surface area (Å²) in [4.78, 5) is 0. The van der Waals surface area contributed by atoms with E-state index in [1.165, 1.54) is 0 Å². The number of aryl methyl sites for hydroxylation is 1. The molecule has 64 valence electrons. The van der Waals surface area contributed by atoms with Gasteiger partial charge in [0.2, 0.25) is 0 Å². The van der Waals surface area contributed by atoms with Crippen LogP contribution in [0.4, 0.5) is 0 Å². The van der Waals surface area contributed by atoms with E-state index >= 15 is 0 Å². The van der Waals surface area contributed by atoms with Crippen molar-refractivity contribution in [1.29, 1.82) is 0 Å². The van der Waals surface area contributed by atoms with Crippen molar-refractivity contribution in [3.63, 3.8) is 0 Å². The van der Waals surface area contributed by atoms with Crippen LogP contribution in [0.3, 0.4) is 0 Å². The molecule has 1 atom stereocenters. The number of rotatable bonds is 2. The van der Waals surface area contributed by atoms with E-state index in [9.17, 15) is 0 Å². The summed E-state index contributed by atoms with van der Waals surface area (Å²) < 4.78 is 0. The van der Waals surface area contributed by atoms with Gasteiger partial charge in [0.15, 0.2) is 0 Å². The van der Waals surface area contributed by atoms with Gasteiger partial charge in [-0.15, -0.1) is 6.58 Å². The maximum absolute atomic E-state index is 9.13. The van der Waals surface area contributed by atoms with Crippen molar-refractivity contribution in [3.8, 4) is 5.75 Å². The highest BCUT2D eigenvalue weighted by Gasteiger charge is 2.04. The third-order valence-electron chi connectivity index (χ3n) is 1.87. The number of benzene rings is 1. The number of nitrogens with two attached hydrogens (primary N) is 1. The Balaban J connectivity index is 3.09. The molecule has 1 rings (SSSR count). The van der Waals surface area contributed by atoms with Gasteiger partial charge in [0.25, 0.3) is 0 Å². The fourth-order valence-electron chi connectivity index (χ4n) is 1.16. The minimum atomic E-state index is -0.148. The first-order valence-corrected chi connectivity index (χ1v) is 3.83. The summed E-state index contributed by atoms with van der Waals surface area (Å²) in [6, 6.07) is 4.99.